The van der Waals surface area contributed by atoms with Gasteiger partial charge in [-0.05, 0) is 43.0 Å². The maximum absolute atomic E-state index is 13.0. The lowest BCUT2D eigenvalue weighted by atomic mass is 9.86. The number of nitrogens with one attached hydrogen (secondary N) is 1. The highest BCUT2D eigenvalue weighted by atomic mass is 16.5. The van der Waals surface area contributed by atoms with Crippen molar-refractivity contribution in [2.45, 2.75) is 31.5 Å². The number of esters is 1. The van der Waals surface area contributed by atoms with Crippen LogP contribution in [0.5, 0.6) is 0 Å². The first kappa shape index (κ1) is 17.3. The third kappa shape index (κ3) is 3.97. The lowest BCUT2D eigenvalue weighted by molar-refractivity contribution is -0.161. The van der Waals surface area contributed by atoms with Crippen molar-refractivity contribution in [3.05, 3.63) is 71.8 Å². The second kappa shape index (κ2) is 8.02. The van der Waals surface area contributed by atoms with E-state index in [2.05, 4.69) is 22.3 Å². The van der Waals surface area contributed by atoms with E-state index in [1.165, 1.54) is 0 Å². The summed E-state index contributed by atoms with van der Waals surface area (Å²) in [6, 6.07) is 19.6. The second-order valence-electron chi connectivity index (χ2n) is 7.32. The van der Waals surface area contributed by atoms with Crippen LogP contribution in [0.15, 0.2) is 60.7 Å². The summed E-state index contributed by atoms with van der Waals surface area (Å²) in [5.41, 5.74) is 2.11. The fraction of sp³-hybridized carbons (Fsp3) is 0.409. The zero-order valence-corrected chi connectivity index (χ0v) is 15.0. The van der Waals surface area contributed by atoms with E-state index in [0.717, 1.165) is 43.6 Å². The normalized spacial score (nSPS) is 25.6. The maximum atomic E-state index is 13.0. The van der Waals surface area contributed by atoms with Gasteiger partial charge in [-0.2, -0.15) is 0 Å². The van der Waals surface area contributed by atoms with Crippen LogP contribution in [-0.2, 0) is 16.1 Å². The van der Waals surface area contributed by atoms with Crippen LogP contribution in [-0.4, -0.2) is 36.6 Å². The monoisotopic (exact) mass is 350 g/mol. The number of carbonyl (C=O) groups is 1. The molecule has 26 heavy (non-hydrogen) atoms. The summed E-state index contributed by atoms with van der Waals surface area (Å²) in [7, 11) is 0. The Hall–Kier alpha value is -2.17. The van der Waals surface area contributed by atoms with E-state index in [1.807, 2.05) is 48.5 Å². The van der Waals surface area contributed by atoms with Crippen molar-refractivity contribution in [3.8, 4) is 0 Å². The van der Waals surface area contributed by atoms with Gasteiger partial charge >= 0.3 is 5.97 Å². The first-order valence-electron chi connectivity index (χ1n) is 9.55. The van der Waals surface area contributed by atoms with E-state index in [4.69, 9.17) is 4.74 Å². The molecule has 1 N–H and O–H groups in total. The summed E-state index contributed by atoms with van der Waals surface area (Å²) >= 11 is 0. The zero-order chi connectivity index (χ0) is 17.8. The Morgan fingerprint density at radius 3 is 2.31 bits per heavy atom. The van der Waals surface area contributed by atoms with Crippen LogP contribution in [0, 0.1) is 5.92 Å². The molecule has 0 aromatic heterocycles. The minimum absolute atomic E-state index is 0.0368. The molecule has 3 fully saturated rings. The quantitative estimate of drug-likeness (QED) is 0.813. The predicted octanol–water partition coefficient (Wildman–Crippen LogP) is 3.15. The molecule has 4 heteroatoms. The van der Waals surface area contributed by atoms with Gasteiger partial charge in [-0.3, -0.25) is 10.2 Å². The molecule has 4 nitrogen and oxygen atoms in total. The summed E-state index contributed by atoms with van der Waals surface area (Å²) in [6.45, 7) is 3.81. The van der Waals surface area contributed by atoms with Gasteiger partial charge in [0.15, 0.2) is 0 Å². The molecule has 5 rings (SSSR count). The summed E-state index contributed by atoms with van der Waals surface area (Å²) in [4.78, 5) is 15.4. The minimum atomic E-state index is -0.438. The molecule has 0 aliphatic carbocycles. The van der Waals surface area contributed by atoms with E-state index < -0.39 is 6.04 Å². The SMILES string of the molecule is O=C(OC1CN2CCC1CC2)[C@H](NCc1ccccc1)c1ccccc1. The molecule has 0 saturated carbocycles. The standard InChI is InChI=1S/C22H26N2O2/c25-22(26-20-16-24-13-11-18(20)12-14-24)21(19-9-5-2-6-10-19)23-15-17-7-3-1-4-8-17/h1-10,18,20-21,23H,11-16H2/t20?,21-/m1/s1. The predicted molar refractivity (Wildman–Crippen MR) is 102 cm³/mol. The highest BCUT2D eigenvalue weighted by Crippen LogP contribution is 2.30. The number of fused-ring (bicyclic) bond motifs is 3. The molecule has 2 atom stereocenters. The number of piperidine rings is 3. The van der Waals surface area contributed by atoms with E-state index >= 15 is 0 Å². The van der Waals surface area contributed by atoms with Gasteiger partial charge in [0, 0.05) is 13.1 Å². The van der Waals surface area contributed by atoms with E-state index in [1.54, 1.807) is 0 Å². The number of hydrogen-bond acceptors (Lipinski definition) is 4. The van der Waals surface area contributed by atoms with Gasteiger partial charge in [-0.25, -0.2) is 4.79 Å². The second-order valence-corrected chi connectivity index (χ2v) is 7.32. The van der Waals surface area contributed by atoms with Crippen LogP contribution < -0.4 is 5.32 Å². The van der Waals surface area contributed by atoms with Crippen molar-refractivity contribution in [3.63, 3.8) is 0 Å². The van der Waals surface area contributed by atoms with E-state index in [9.17, 15) is 4.79 Å². The summed E-state index contributed by atoms with van der Waals surface area (Å²) in [6.07, 6.45) is 2.33. The highest BCUT2D eigenvalue weighted by Gasteiger charge is 2.37. The molecule has 3 aliphatic rings. The number of carbonyl (C=O) groups excluding carboxylic acids is 1. The fourth-order valence-corrected chi connectivity index (χ4v) is 4.06. The lowest BCUT2D eigenvalue weighted by Gasteiger charge is -2.44. The van der Waals surface area contributed by atoms with Crippen molar-refractivity contribution in [2.75, 3.05) is 19.6 Å². The molecular weight excluding hydrogens is 324 g/mol. The third-order valence-corrected chi connectivity index (χ3v) is 5.59. The topological polar surface area (TPSA) is 41.6 Å². The average molecular weight is 350 g/mol. The first-order valence-corrected chi connectivity index (χ1v) is 9.55. The molecule has 2 bridgehead atoms. The molecule has 1 unspecified atom stereocenters. The van der Waals surface area contributed by atoms with Gasteiger partial charge < -0.3 is 4.74 Å². The number of nitrogens with zero attached hydrogens (tertiary/aromatic N) is 1. The molecule has 3 saturated heterocycles. The molecule has 0 radical (unpaired) electrons. The van der Waals surface area contributed by atoms with Gasteiger partial charge in [-0.15, -0.1) is 0 Å². The maximum Gasteiger partial charge on any atom is 0.328 e. The average Bonchev–Trinajstić information content (AvgIpc) is 2.71. The van der Waals surface area contributed by atoms with Crippen LogP contribution in [0.1, 0.15) is 30.0 Å². The molecule has 2 aromatic carbocycles. The van der Waals surface area contributed by atoms with Gasteiger partial charge in [0.25, 0.3) is 0 Å². The Morgan fingerprint density at radius 1 is 1.04 bits per heavy atom. The minimum Gasteiger partial charge on any atom is -0.459 e. The van der Waals surface area contributed by atoms with Crippen molar-refractivity contribution < 1.29 is 9.53 Å². The number of ether oxygens (including phenoxy) is 1. The number of rotatable bonds is 6. The van der Waals surface area contributed by atoms with Crippen molar-refractivity contribution in [1.82, 2.24) is 10.2 Å². The van der Waals surface area contributed by atoms with E-state index in [-0.39, 0.29) is 12.1 Å². The van der Waals surface area contributed by atoms with Crippen LogP contribution in [0.2, 0.25) is 0 Å². The highest BCUT2D eigenvalue weighted by molar-refractivity contribution is 5.78. The molecule has 3 aliphatic heterocycles. The van der Waals surface area contributed by atoms with Crippen molar-refractivity contribution >= 4 is 5.97 Å². The Bertz CT molecular complexity index is 711. The van der Waals surface area contributed by atoms with Crippen LogP contribution in [0.4, 0.5) is 0 Å². The number of benzene rings is 2. The Balaban J connectivity index is 1.46. The lowest BCUT2D eigenvalue weighted by Crippen LogP contribution is -2.52. The first-order chi connectivity index (χ1) is 12.8. The van der Waals surface area contributed by atoms with Gasteiger partial charge in [0.05, 0.1) is 0 Å². The third-order valence-electron chi connectivity index (χ3n) is 5.59. The largest absolute Gasteiger partial charge is 0.459 e. The van der Waals surface area contributed by atoms with Gasteiger partial charge in [-0.1, -0.05) is 60.7 Å². The smallest absolute Gasteiger partial charge is 0.328 e. The van der Waals surface area contributed by atoms with Crippen LogP contribution in [0.25, 0.3) is 0 Å². The summed E-state index contributed by atoms with van der Waals surface area (Å²) in [5, 5.41) is 3.40. The van der Waals surface area contributed by atoms with E-state index in [0.29, 0.717) is 12.5 Å². The van der Waals surface area contributed by atoms with Crippen molar-refractivity contribution in [2.24, 2.45) is 5.92 Å². The molecule has 136 valence electrons. The van der Waals surface area contributed by atoms with Crippen molar-refractivity contribution in [1.29, 1.82) is 0 Å². The molecule has 2 aromatic rings. The summed E-state index contributed by atoms with van der Waals surface area (Å²) < 4.78 is 5.99. The fourth-order valence-electron chi connectivity index (χ4n) is 4.06. The Morgan fingerprint density at radius 2 is 1.69 bits per heavy atom. The Kier molecular flexibility index (Phi) is 5.32. The zero-order valence-electron chi connectivity index (χ0n) is 15.0. The number of hydrogen-bond donors (Lipinski definition) is 1. The molecule has 3 heterocycles. The van der Waals surface area contributed by atoms with Crippen LogP contribution >= 0.6 is 0 Å². The Labute approximate surface area is 155 Å². The summed E-state index contributed by atoms with van der Waals surface area (Å²) in [5.74, 6) is 0.361. The molecular formula is C22H26N2O2. The van der Waals surface area contributed by atoms with Crippen LogP contribution in [0.3, 0.4) is 0 Å². The van der Waals surface area contributed by atoms with Gasteiger partial charge in [0.1, 0.15) is 12.1 Å². The van der Waals surface area contributed by atoms with Gasteiger partial charge in [0.2, 0.25) is 0 Å². The molecule has 0 spiro atoms. The molecule has 0 amide bonds.